The zero-order chi connectivity index (χ0) is 27.1. The molecule has 196 valence electrons. The Bertz CT molecular complexity index is 1800. The highest BCUT2D eigenvalue weighted by atomic mass is 16.5. The molecule has 0 saturated carbocycles. The van der Waals surface area contributed by atoms with Gasteiger partial charge in [0.05, 0.1) is 11.4 Å². The van der Waals surface area contributed by atoms with Gasteiger partial charge in [0.1, 0.15) is 17.7 Å². The fourth-order valence-electron chi connectivity index (χ4n) is 5.33. The zero-order valence-electron chi connectivity index (χ0n) is 22.0. The highest BCUT2D eigenvalue weighted by molar-refractivity contribution is 5.80. The SMILES string of the molecule is CCc1nc(C)n(-c2ccc3c(c2)CC(C)O3)c(=O)c1Cc1ccc(-c2ccccc2-c2noc(=O)[nH]2)cc1. The van der Waals surface area contributed by atoms with Crippen LogP contribution in [0, 0.1) is 6.92 Å². The largest absolute Gasteiger partial charge is 0.490 e. The van der Waals surface area contributed by atoms with Crippen LogP contribution in [0.1, 0.15) is 42.1 Å². The van der Waals surface area contributed by atoms with Gasteiger partial charge in [-0.1, -0.05) is 60.6 Å². The molecule has 3 heterocycles. The van der Waals surface area contributed by atoms with Gasteiger partial charge in [0, 0.05) is 24.0 Å². The van der Waals surface area contributed by atoms with Crippen molar-refractivity contribution in [2.24, 2.45) is 0 Å². The second-order valence-electron chi connectivity index (χ2n) is 9.87. The van der Waals surface area contributed by atoms with Gasteiger partial charge < -0.3 is 4.74 Å². The van der Waals surface area contributed by atoms with E-state index in [2.05, 4.69) is 10.1 Å². The molecule has 0 radical (unpaired) electrons. The number of rotatable bonds is 6. The Morgan fingerprint density at radius 2 is 1.79 bits per heavy atom. The van der Waals surface area contributed by atoms with E-state index in [1.807, 2.05) is 87.5 Å². The molecule has 1 aliphatic heterocycles. The minimum atomic E-state index is -0.595. The van der Waals surface area contributed by atoms with Crippen LogP contribution in [-0.4, -0.2) is 25.8 Å². The van der Waals surface area contributed by atoms with Crippen molar-refractivity contribution < 1.29 is 9.26 Å². The average Bonchev–Trinajstić information content (AvgIpc) is 3.54. The van der Waals surface area contributed by atoms with Crippen molar-refractivity contribution in [3.63, 3.8) is 0 Å². The molecular formula is C31H28N4O4. The molecular weight excluding hydrogens is 492 g/mol. The van der Waals surface area contributed by atoms with E-state index in [1.165, 1.54) is 0 Å². The third-order valence-electron chi connectivity index (χ3n) is 7.17. The second-order valence-corrected chi connectivity index (χ2v) is 9.87. The average molecular weight is 521 g/mol. The van der Waals surface area contributed by atoms with Crippen LogP contribution in [0.15, 0.2) is 80.8 Å². The molecule has 1 atom stereocenters. The van der Waals surface area contributed by atoms with Crippen LogP contribution in [0.3, 0.4) is 0 Å². The quantitative estimate of drug-likeness (QED) is 0.337. The number of hydrogen-bond donors (Lipinski definition) is 1. The fourth-order valence-corrected chi connectivity index (χ4v) is 5.33. The Morgan fingerprint density at radius 3 is 2.51 bits per heavy atom. The molecule has 0 aliphatic carbocycles. The molecule has 8 nitrogen and oxygen atoms in total. The lowest BCUT2D eigenvalue weighted by atomic mass is 9.96. The molecule has 1 unspecified atom stereocenters. The summed E-state index contributed by atoms with van der Waals surface area (Å²) in [4.78, 5) is 32.8. The predicted molar refractivity (Wildman–Crippen MR) is 149 cm³/mol. The summed E-state index contributed by atoms with van der Waals surface area (Å²) in [5.41, 5.74) is 7.03. The molecule has 0 bridgehead atoms. The van der Waals surface area contributed by atoms with Crippen LogP contribution >= 0.6 is 0 Å². The number of aromatic nitrogens is 4. The lowest BCUT2D eigenvalue weighted by Crippen LogP contribution is -2.28. The summed E-state index contributed by atoms with van der Waals surface area (Å²) in [5.74, 6) is 1.34. The van der Waals surface area contributed by atoms with E-state index in [1.54, 1.807) is 4.57 Å². The Balaban J connectivity index is 1.35. The topological polar surface area (TPSA) is 103 Å². The smallest absolute Gasteiger partial charge is 0.439 e. The molecule has 6 rings (SSSR count). The third-order valence-corrected chi connectivity index (χ3v) is 7.17. The van der Waals surface area contributed by atoms with Gasteiger partial charge >= 0.3 is 5.76 Å². The molecule has 0 saturated heterocycles. The number of ether oxygens (including phenoxy) is 1. The van der Waals surface area contributed by atoms with Crippen LogP contribution in [0.5, 0.6) is 5.75 Å². The Labute approximate surface area is 224 Å². The lowest BCUT2D eigenvalue weighted by molar-refractivity contribution is 0.254. The van der Waals surface area contributed by atoms with Gasteiger partial charge in [0.25, 0.3) is 5.56 Å². The van der Waals surface area contributed by atoms with Crippen molar-refractivity contribution in [3.05, 3.63) is 116 Å². The van der Waals surface area contributed by atoms with E-state index < -0.39 is 5.76 Å². The monoisotopic (exact) mass is 520 g/mol. The molecule has 2 aromatic heterocycles. The summed E-state index contributed by atoms with van der Waals surface area (Å²) in [5, 5.41) is 3.84. The Kier molecular flexibility index (Phi) is 6.23. The maximum atomic E-state index is 13.9. The molecule has 1 aliphatic rings. The molecule has 39 heavy (non-hydrogen) atoms. The van der Waals surface area contributed by atoms with Crippen molar-refractivity contribution in [2.45, 2.75) is 46.1 Å². The number of benzene rings is 3. The predicted octanol–water partition coefficient (Wildman–Crippen LogP) is 5.03. The molecule has 0 amide bonds. The van der Waals surface area contributed by atoms with E-state index in [4.69, 9.17) is 14.2 Å². The molecule has 0 spiro atoms. The summed E-state index contributed by atoms with van der Waals surface area (Å²) in [6.07, 6.45) is 2.10. The summed E-state index contributed by atoms with van der Waals surface area (Å²) in [7, 11) is 0. The number of fused-ring (bicyclic) bond motifs is 1. The zero-order valence-corrected chi connectivity index (χ0v) is 22.0. The first-order chi connectivity index (χ1) is 18.9. The van der Waals surface area contributed by atoms with Crippen LogP contribution < -0.4 is 16.1 Å². The minimum absolute atomic E-state index is 0.0457. The maximum absolute atomic E-state index is 13.9. The van der Waals surface area contributed by atoms with E-state index >= 15 is 0 Å². The van der Waals surface area contributed by atoms with Crippen molar-refractivity contribution in [2.75, 3.05) is 0 Å². The molecule has 1 N–H and O–H groups in total. The van der Waals surface area contributed by atoms with Gasteiger partial charge in [0.2, 0.25) is 0 Å². The van der Waals surface area contributed by atoms with E-state index in [0.717, 1.165) is 51.4 Å². The molecule has 0 fully saturated rings. The van der Waals surface area contributed by atoms with Gasteiger partial charge in [0.15, 0.2) is 5.82 Å². The van der Waals surface area contributed by atoms with Gasteiger partial charge in [-0.05, 0) is 60.7 Å². The summed E-state index contributed by atoms with van der Waals surface area (Å²) < 4.78 is 12.3. The third kappa shape index (κ3) is 4.58. The number of aromatic amines is 1. The number of aryl methyl sites for hydroxylation is 2. The van der Waals surface area contributed by atoms with Crippen molar-refractivity contribution in [1.82, 2.24) is 19.7 Å². The fraction of sp³-hybridized carbons (Fsp3) is 0.226. The highest BCUT2D eigenvalue weighted by Gasteiger charge is 2.21. The minimum Gasteiger partial charge on any atom is -0.490 e. The van der Waals surface area contributed by atoms with E-state index in [9.17, 15) is 9.59 Å². The van der Waals surface area contributed by atoms with Crippen LogP contribution in [0.2, 0.25) is 0 Å². The van der Waals surface area contributed by atoms with Gasteiger partial charge in [-0.25, -0.2) is 9.78 Å². The molecule has 8 heteroatoms. The van der Waals surface area contributed by atoms with E-state index in [0.29, 0.717) is 30.1 Å². The van der Waals surface area contributed by atoms with Crippen LogP contribution in [0.4, 0.5) is 0 Å². The van der Waals surface area contributed by atoms with Gasteiger partial charge in [-0.3, -0.25) is 18.9 Å². The number of nitrogens with one attached hydrogen (secondary N) is 1. The first-order valence-electron chi connectivity index (χ1n) is 13.1. The summed E-state index contributed by atoms with van der Waals surface area (Å²) >= 11 is 0. The van der Waals surface area contributed by atoms with Gasteiger partial charge in [-0.15, -0.1) is 0 Å². The number of H-pyrrole nitrogens is 1. The Morgan fingerprint density at radius 1 is 1.03 bits per heavy atom. The van der Waals surface area contributed by atoms with Crippen molar-refractivity contribution in [3.8, 4) is 34.0 Å². The Hall–Kier alpha value is -4.72. The van der Waals surface area contributed by atoms with E-state index in [-0.39, 0.29) is 11.7 Å². The van der Waals surface area contributed by atoms with Gasteiger partial charge in [-0.2, -0.15) is 0 Å². The summed E-state index contributed by atoms with van der Waals surface area (Å²) in [6, 6.07) is 21.7. The summed E-state index contributed by atoms with van der Waals surface area (Å²) in [6.45, 7) is 5.95. The first kappa shape index (κ1) is 24.6. The van der Waals surface area contributed by atoms with Crippen molar-refractivity contribution in [1.29, 1.82) is 0 Å². The first-order valence-corrected chi connectivity index (χ1v) is 13.1. The standard InChI is InChI=1S/C31H28N4O4/c1-4-27-26(30(36)35(19(3)32-27)23-13-14-28-22(17-23)15-18(2)38-28)16-20-9-11-21(12-10-20)24-7-5-6-8-25(24)29-33-31(37)39-34-29/h5-14,17-18H,4,15-16H2,1-3H3,(H,33,34,37). The number of hydrogen-bond acceptors (Lipinski definition) is 6. The van der Waals surface area contributed by atoms with Crippen LogP contribution in [-0.2, 0) is 19.3 Å². The molecule has 3 aromatic carbocycles. The second kappa shape index (κ2) is 9.87. The lowest BCUT2D eigenvalue weighted by Gasteiger charge is -2.16. The van der Waals surface area contributed by atoms with Crippen LogP contribution in [0.25, 0.3) is 28.2 Å². The maximum Gasteiger partial charge on any atom is 0.439 e. The highest BCUT2D eigenvalue weighted by Crippen LogP contribution is 2.31. The number of nitrogens with zero attached hydrogens (tertiary/aromatic N) is 3. The normalized spacial score (nSPS) is 14.3. The van der Waals surface area contributed by atoms with Crippen molar-refractivity contribution >= 4 is 0 Å². The molecule has 5 aromatic rings.